The van der Waals surface area contributed by atoms with Crippen molar-refractivity contribution in [3.05, 3.63) is 47.2 Å². The Morgan fingerprint density at radius 1 is 1.03 bits per heavy atom. The molecule has 2 aliphatic rings. The molecule has 8 heteroatoms. The molecule has 8 nitrogen and oxygen atoms in total. The molecule has 1 aromatic rings. The van der Waals surface area contributed by atoms with Crippen molar-refractivity contribution in [2.75, 3.05) is 65.5 Å². The molecule has 1 aromatic carbocycles. The van der Waals surface area contributed by atoms with E-state index < -0.39 is 0 Å². The highest BCUT2D eigenvalue weighted by molar-refractivity contribution is 6.16. The van der Waals surface area contributed by atoms with E-state index in [0.717, 1.165) is 32.7 Å². The summed E-state index contributed by atoms with van der Waals surface area (Å²) >= 11 is 0. The van der Waals surface area contributed by atoms with Gasteiger partial charge in [-0.15, -0.1) is 0 Å². The van der Waals surface area contributed by atoms with Crippen LogP contribution in [0, 0.1) is 0 Å². The molecule has 2 N–H and O–H groups in total. The van der Waals surface area contributed by atoms with Crippen molar-refractivity contribution in [1.82, 2.24) is 14.7 Å². The number of benzene rings is 1. The molecule has 29 heavy (non-hydrogen) atoms. The molecule has 3 rings (SSSR count). The van der Waals surface area contributed by atoms with Gasteiger partial charge in [-0.1, -0.05) is 18.2 Å². The number of carbonyl (C=O) groups excluding carboxylic acids is 2. The lowest BCUT2D eigenvalue weighted by molar-refractivity contribution is -0.116. The van der Waals surface area contributed by atoms with Gasteiger partial charge in [0.15, 0.2) is 5.78 Å². The largest absolute Gasteiger partial charge is 0.510 e. The fraction of sp³-hybridized carbons (Fsp3) is 0.476. The van der Waals surface area contributed by atoms with E-state index in [0.29, 0.717) is 18.7 Å². The second kappa shape index (κ2) is 10.3. The monoisotopic (exact) mass is 400 g/mol. The Balaban J connectivity index is 1.49. The number of Topliss-reactive ketones (excluding diaryl/α,β-unsaturated/α-hetero) is 1. The van der Waals surface area contributed by atoms with Crippen molar-refractivity contribution in [3.63, 3.8) is 0 Å². The first-order valence-corrected chi connectivity index (χ1v) is 9.93. The molecular formula is C21H28N4O4. The standard InChI is InChI=1S/C21H28N4O4/c26-13-12-24-10-8-23(9-11-24)7-6-22-14-18-19(27)15-25(16-20(18)28)21(29)17-4-2-1-3-5-17/h1-5,14,26-27H,6-13,15-16H2. The van der Waals surface area contributed by atoms with Gasteiger partial charge in [0.25, 0.3) is 5.91 Å². The third kappa shape index (κ3) is 5.72. The molecule has 1 amide bonds. The van der Waals surface area contributed by atoms with Crippen molar-refractivity contribution < 1.29 is 19.8 Å². The van der Waals surface area contributed by atoms with Gasteiger partial charge in [0, 0.05) is 51.0 Å². The van der Waals surface area contributed by atoms with E-state index in [4.69, 9.17) is 5.11 Å². The van der Waals surface area contributed by atoms with E-state index in [1.54, 1.807) is 24.3 Å². The summed E-state index contributed by atoms with van der Waals surface area (Å²) in [5, 5.41) is 19.3. The van der Waals surface area contributed by atoms with Crippen LogP contribution in [0.1, 0.15) is 10.4 Å². The lowest BCUT2D eigenvalue weighted by Crippen LogP contribution is -2.47. The molecule has 0 spiro atoms. The second-order valence-corrected chi connectivity index (χ2v) is 7.25. The zero-order chi connectivity index (χ0) is 20.6. The van der Waals surface area contributed by atoms with Crippen LogP contribution in [0.5, 0.6) is 0 Å². The number of ketones is 1. The summed E-state index contributed by atoms with van der Waals surface area (Å²) in [6.07, 6.45) is 1.43. The first-order chi connectivity index (χ1) is 14.1. The van der Waals surface area contributed by atoms with Crippen LogP contribution < -0.4 is 0 Å². The summed E-state index contributed by atoms with van der Waals surface area (Å²) in [5.74, 6) is -0.701. The predicted octanol–water partition coefficient (Wildman–Crippen LogP) is 0.204. The lowest BCUT2D eigenvalue weighted by atomic mass is 10.0. The SMILES string of the molecule is O=C1CN(C(=O)c2ccccc2)CC(O)=C1C=NCCN1CCN(CCO)CC1. The minimum absolute atomic E-state index is 0.00758. The average Bonchev–Trinajstić information content (AvgIpc) is 2.74. The summed E-state index contributed by atoms with van der Waals surface area (Å²) in [6.45, 7) is 5.88. The number of hydrogen-bond donors (Lipinski definition) is 2. The van der Waals surface area contributed by atoms with E-state index in [-0.39, 0.29) is 42.7 Å². The number of aliphatic hydroxyl groups excluding tert-OH is 2. The van der Waals surface area contributed by atoms with Crippen LogP contribution in [0.4, 0.5) is 0 Å². The Labute approximate surface area is 170 Å². The first-order valence-electron chi connectivity index (χ1n) is 9.93. The van der Waals surface area contributed by atoms with E-state index >= 15 is 0 Å². The Morgan fingerprint density at radius 2 is 1.69 bits per heavy atom. The second-order valence-electron chi connectivity index (χ2n) is 7.25. The van der Waals surface area contributed by atoms with Crippen molar-refractivity contribution >= 4 is 17.9 Å². The van der Waals surface area contributed by atoms with Crippen LogP contribution in [-0.2, 0) is 4.79 Å². The molecular weight excluding hydrogens is 372 g/mol. The number of amides is 1. The minimum atomic E-state index is -0.306. The zero-order valence-electron chi connectivity index (χ0n) is 16.5. The Bertz CT molecular complexity index is 770. The average molecular weight is 400 g/mol. The number of β-amino-alcohol motifs (C(OH)–C–C–N with tert-alkyl or cyclic N) is 1. The third-order valence-electron chi connectivity index (χ3n) is 5.24. The van der Waals surface area contributed by atoms with E-state index in [9.17, 15) is 14.7 Å². The van der Waals surface area contributed by atoms with Crippen molar-refractivity contribution in [3.8, 4) is 0 Å². The van der Waals surface area contributed by atoms with Gasteiger partial charge in [0.1, 0.15) is 5.76 Å². The molecule has 0 saturated carbocycles. The van der Waals surface area contributed by atoms with E-state index in [2.05, 4.69) is 14.8 Å². The fourth-order valence-corrected chi connectivity index (χ4v) is 3.53. The molecule has 0 unspecified atom stereocenters. The van der Waals surface area contributed by atoms with Crippen LogP contribution in [0.15, 0.2) is 46.7 Å². The predicted molar refractivity (Wildman–Crippen MR) is 110 cm³/mol. The van der Waals surface area contributed by atoms with Crippen LogP contribution in [0.2, 0.25) is 0 Å². The number of piperazine rings is 1. The Morgan fingerprint density at radius 3 is 2.31 bits per heavy atom. The number of rotatable bonds is 7. The van der Waals surface area contributed by atoms with Gasteiger partial charge in [-0.25, -0.2) is 0 Å². The lowest BCUT2D eigenvalue weighted by Gasteiger charge is -2.33. The summed E-state index contributed by atoms with van der Waals surface area (Å²) < 4.78 is 0. The van der Waals surface area contributed by atoms with Gasteiger partial charge in [-0.05, 0) is 12.1 Å². The maximum Gasteiger partial charge on any atom is 0.254 e. The van der Waals surface area contributed by atoms with E-state index in [1.165, 1.54) is 11.1 Å². The first kappa shape index (κ1) is 21.2. The third-order valence-corrected chi connectivity index (χ3v) is 5.24. The Kier molecular flexibility index (Phi) is 7.51. The highest BCUT2D eigenvalue weighted by Gasteiger charge is 2.28. The van der Waals surface area contributed by atoms with Gasteiger partial charge in [-0.2, -0.15) is 0 Å². The molecule has 2 aliphatic heterocycles. The smallest absolute Gasteiger partial charge is 0.254 e. The fourth-order valence-electron chi connectivity index (χ4n) is 3.53. The van der Waals surface area contributed by atoms with Crippen LogP contribution in [0.25, 0.3) is 0 Å². The topological polar surface area (TPSA) is 96.7 Å². The molecule has 1 fully saturated rings. The highest BCUT2D eigenvalue weighted by Crippen LogP contribution is 2.15. The molecule has 0 aromatic heterocycles. The van der Waals surface area contributed by atoms with Crippen LogP contribution in [0.3, 0.4) is 0 Å². The summed E-state index contributed by atoms with van der Waals surface area (Å²) in [7, 11) is 0. The number of aliphatic hydroxyl groups is 2. The maximum absolute atomic E-state index is 12.5. The van der Waals surface area contributed by atoms with Gasteiger partial charge in [-0.3, -0.25) is 24.4 Å². The molecule has 0 radical (unpaired) electrons. The van der Waals surface area contributed by atoms with Gasteiger partial charge in [0.2, 0.25) is 0 Å². The molecule has 0 aliphatic carbocycles. The van der Waals surface area contributed by atoms with Gasteiger partial charge in [0.05, 0.1) is 31.8 Å². The minimum Gasteiger partial charge on any atom is -0.510 e. The molecule has 0 atom stereocenters. The van der Waals surface area contributed by atoms with Gasteiger partial charge < -0.3 is 15.1 Å². The molecule has 156 valence electrons. The van der Waals surface area contributed by atoms with Crippen molar-refractivity contribution in [2.24, 2.45) is 4.99 Å². The number of aliphatic imine (C=N–C) groups is 1. The van der Waals surface area contributed by atoms with Crippen LogP contribution >= 0.6 is 0 Å². The molecule has 1 saturated heterocycles. The summed E-state index contributed by atoms with van der Waals surface area (Å²) in [5.41, 5.74) is 0.680. The van der Waals surface area contributed by atoms with Gasteiger partial charge >= 0.3 is 0 Å². The quantitative estimate of drug-likeness (QED) is 0.635. The summed E-state index contributed by atoms with van der Waals surface area (Å²) in [6, 6.07) is 8.72. The maximum atomic E-state index is 12.5. The van der Waals surface area contributed by atoms with E-state index in [1.807, 2.05) is 6.07 Å². The van der Waals surface area contributed by atoms with Crippen molar-refractivity contribution in [1.29, 1.82) is 0 Å². The highest BCUT2D eigenvalue weighted by atomic mass is 16.3. The molecule has 2 heterocycles. The van der Waals surface area contributed by atoms with Crippen molar-refractivity contribution in [2.45, 2.75) is 0 Å². The number of hydrogen-bond acceptors (Lipinski definition) is 7. The normalized spacial score (nSPS) is 19.3. The Hall–Kier alpha value is -2.55. The zero-order valence-corrected chi connectivity index (χ0v) is 16.5. The van der Waals surface area contributed by atoms with Crippen LogP contribution in [-0.4, -0.2) is 108 Å². The molecule has 0 bridgehead atoms. The number of nitrogens with zero attached hydrogens (tertiary/aromatic N) is 4. The number of carbonyl (C=O) groups is 2. The summed E-state index contributed by atoms with van der Waals surface area (Å²) in [4.78, 5) is 35.1.